The molecule has 0 radical (unpaired) electrons. The number of aryl methyl sites for hydroxylation is 1. The average molecular weight is 410 g/mol. The lowest BCUT2D eigenvalue weighted by molar-refractivity contribution is -0.121. The predicted molar refractivity (Wildman–Crippen MR) is 117 cm³/mol. The van der Waals surface area contributed by atoms with Crippen molar-refractivity contribution in [2.75, 3.05) is 25.0 Å². The van der Waals surface area contributed by atoms with E-state index in [-0.39, 0.29) is 11.8 Å². The van der Waals surface area contributed by atoms with Gasteiger partial charge in [0.25, 0.3) is 0 Å². The molecular formula is C23H28FN5O. The number of fused-ring (bicyclic) bond motifs is 1. The van der Waals surface area contributed by atoms with Gasteiger partial charge in [0.2, 0.25) is 5.91 Å². The van der Waals surface area contributed by atoms with E-state index in [1.807, 2.05) is 36.0 Å². The molecule has 0 atom stereocenters. The van der Waals surface area contributed by atoms with Crippen molar-refractivity contribution in [1.29, 1.82) is 0 Å². The lowest BCUT2D eigenvalue weighted by atomic mass is 9.95. The van der Waals surface area contributed by atoms with E-state index in [2.05, 4.69) is 26.3 Å². The molecule has 0 bridgehead atoms. The number of pyridine rings is 1. The molecular weight excluding hydrogens is 381 g/mol. The molecule has 1 amide bonds. The molecule has 4 rings (SSSR count). The highest BCUT2D eigenvalue weighted by molar-refractivity contribution is 5.95. The number of nitrogens with zero attached hydrogens (tertiary/aromatic N) is 4. The molecule has 6 nitrogen and oxygen atoms in total. The van der Waals surface area contributed by atoms with Gasteiger partial charge in [0.05, 0.1) is 18.2 Å². The number of nitrogens with one attached hydrogen (secondary N) is 1. The van der Waals surface area contributed by atoms with Crippen LogP contribution in [0, 0.1) is 5.92 Å². The highest BCUT2D eigenvalue weighted by atomic mass is 19.1. The summed E-state index contributed by atoms with van der Waals surface area (Å²) in [7, 11) is 1.96. The standard InChI is InChI=1S/C23H28FN5O/c1-23(2,24)14-29-8-6-16(7-9-29)22(30)27-21-11-19-10-17(4-5-18(19)12-26-21)20-13-25-15-28(20)3/h4-5,10-13,15-16H,6-9,14H2,1-3H3,(H,26,27,30). The Bertz CT molecular complexity index is 1050. The second kappa shape index (κ2) is 8.14. The smallest absolute Gasteiger partial charge is 0.228 e. The minimum Gasteiger partial charge on any atom is -0.334 e. The van der Waals surface area contributed by atoms with Crippen LogP contribution in [0.2, 0.25) is 0 Å². The first-order valence-corrected chi connectivity index (χ1v) is 10.4. The van der Waals surface area contributed by atoms with E-state index >= 15 is 0 Å². The van der Waals surface area contributed by atoms with Crippen molar-refractivity contribution in [2.45, 2.75) is 32.4 Å². The number of halogens is 1. The zero-order chi connectivity index (χ0) is 21.3. The second-order valence-electron chi connectivity index (χ2n) is 8.78. The minimum absolute atomic E-state index is 0.0104. The van der Waals surface area contributed by atoms with Gasteiger partial charge in [-0.2, -0.15) is 0 Å². The van der Waals surface area contributed by atoms with Gasteiger partial charge in [-0.05, 0) is 57.3 Å². The summed E-state index contributed by atoms with van der Waals surface area (Å²) in [5, 5.41) is 5.00. The number of imidazole rings is 1. The Kier molecular flexibility index (Phi) is 5.56. The fraction of sp³-hybridized carbons (Fsp3) is 0.435. The number of hydrogen-bond donors (Lipinski definition) is 1. The van der Waals surface area contributed by atoms with Crippen molar-refractivity contribution in [1.82, 2.24) is 19.4 Å². The Labute approximate surface area is 176 Å². The van der Waals surface area contributed by atoms with Crippen molar-refractivity contribution >= 4 is 22.5 Å². The van der Waals surface area contributed by atoms with Crippen LogP contribution in [-0.4, -0.2) is 50.6 Å². The third-order valence-corrected chi connectivity index (χ3v) is 5.64. The lowest BCUT2D eigenvalue weighted by Crippen LogP contribution is -2.43. The summed E-state index contributed by atoms with van der Waals surface area (Å²) < 4.78 is 15.8. The first-order chi connectivity index (χ1) is 14.3. The molecule has 0 aliphatic carbocycles. The third-order valence-electron chi connectivity index (χ3n) is 5.64. The summed E-state index contributed by atoms with van der Waals surface area (Å²) in [6.07, 6.45) is 6.86. The van der Waals surface area contributed by atoms with Gasteiger partial charge in [-0.1, -0.05) is 12.1 Å². The molecule has 0 unspecified atom stereocenters. The fourth-order valence-electron chi connectivity index (χ4n) is 4.12. The van der Waals surface area contributed by atoms with Gasteiger partial charge in [0, 0.05) is 36.7 Å². The van der Waals surface area contributed by atoms with Crippen LogP contribution in [0.15, 0.2) is 43.0 Å². The Hall–Kier alpha value is -2.80. The monoisotopic (exact) mass is 409 g/mol. The number of aromatic nitrogens is 3. The van der Waals surface area contributed by atoms with Crippen LogP contribution in [-0.2, 0) is 11.8 Å². The van der Waals surface area contributed by atoms with E-state index in [4.69, 9.17) is 0 Å². The molecule has 7 heteroatoms. The number of amides is 1. The van der Waals surface area contributed by atoms with Crippen LogP contribution >= 0.6 is 0 Å². The van der Waals surface area contributed by atoms with Crippen LogP contribution in [0.25, 0.3) is 22.0 Å². The maximum absolute atomic E-state index is 13.9. The Balaban J connectivity index is 1.43. The molecule has 3 heterocycles. The van der Waals surface area contributed by atoms with Gasteiger partial charge in [-0.15, -0.1) is 0 Å². The van der Waals surface area contributed by atoms with E-state index in [0.717, 1.165) is 48.0 Å². The van der Waals surface area contributed by atoms with Crippen molar-refractivity contribution in [2.24, 2.45) is 13.0 Å². The number of piperidine rings is 1. The summed E-state index contributed by atoms with van der Waals surface area (Å²) in [5.41, 5.74) is 0.884. The normalized spacial score (nSPS) is 16.1. The van der Waals surface area contributed by atoms with Crippen LogP contribution in [0.5, 0.6) is 0 Å². The maximum atomic E-state index is 13.9. The number of alkyl halides is 1. The molecule has 1 saturated heterocycles. The molecule has 0 spiro atoms. The zero-order valence-corrected chi connectivity index (χ0v) is 17.7. The average Bonchev–Trinajstić information content (AvgIpc) is 3.12. The molecule has 1 aromatic carbocycles. The quantitative estimate of drug-likeness (QED) is 0.691. The number of carbonyl (C=O) groups is 1. The third kappa shape index (κ3) is 4.67. The number of benzene rings is 1. The molecule has 158 valence electrons. The Morgan fingerprint density at radius 2 is 1.97 bits per heavy atom. The SMILES string of the molecule is Cn1cncc1-c1ccc2cnc(NC(=O)C3CCN(CC(C)(C)F)CC3)cc2c1. The maximum Gasteiger partial charge on any atom is 0.228 e. The Morgan fingerprint density at radius 1 is 1.20 bits per heavy atom. The summed E-state index contributed by atoms with van der Waals surface area (Å²) >= 11 is 0. The molecule has 1 N–H and O–H groups in total. The van der Waals surface area contributed by atoms with E-state index in [0.29, 0.717) is 12.4 Å². The van der Waals surface area contributed by atoms with E-state index < -0.39 is 5.67 Å². The molecule has 0 saturated carbocycles. The van der Waals surface area contributed by atoms with Crippen LogP contribution in [0.1, 0.15) is 26.7 Å². The minimum atomic E-state index is -1.21. The van der Waals surface area contributed by atoms with Gasteiger partial charge in [0.15, 0.2) is 0 Å². The molecule has 2 aromatic heterocycles. The fourth-order valence-corrected chi connectivity index (χ4v) is 4.12. The molecule has 1 aliphatic heterocycles. The predicted octanol–water partition coefficient (Wildman–Crippen LogP) is 4.03. The summed E-state index contributed by atoms with van der Waals surface area (Å²) in [6.45, 7) is 5.08. The summed E-state index contributed by atoms with van der Waals surface area (Å²) in [6, 6.07) is 8.07. The van der Waals surface area contributed by atoms with Crippen LogP contribution < -0.4 is 5.32 Å². The van der Waals surface area contributed by atoms with E-state index in [1.165, 1.54) is 0 Å². The lowest BCUT2D eigenvalue weighted by Gasteiger charge is -2.33. The van der Waals surface area contributed by atoms with Crippen LogP contribution in [0.3, 0.4) is 0 Å². The van der Waals surface area contributed by atoms with Crippen molar-refractivity contribution in [3.63, 3.8) is 0 Å². The second-order valence-corrected chi connectivity index (χ2v) is 8.78. The number of likely N-dealkylation sites (tertiary alicyclic amines) is 1. The van der Waals surface area contributed by atoms with E-state index in [1.54, 1.807) is 26.4 Å². The summed E-state index contributed by atoms with van der Waals surface area (Å²) in [5.74, 6) is 0.480. The molecule has 1 fully saturated rings. The van der Waals surface area contributed by atoms with Gasteiger partial charge < -0.3 is 14.8 Å². The van der Waals surface area contributed by atoms with Gasteiger partial charge >= 0.3 is 0 Å². The number of rotatable bonds is 5. The topological polar surface area (TPSA) is 63.1 Å². The van der Waals surface area contributed by atoms with Crippen molar-refractivity contribution in [3.05, 3.63) is 43.0 Å². The number of carbonyl (C=O) groups excluding carboxylic acids is 1. The summed E-state index contributed by atoms with van der Waals surface area (Å²) in [4.78, 5) is 23.4. The highest BCUT2D eigenvalue weighted by Gasteiger charge is 2.28. The highest BCUT2D eigenvalue weighted by Crippen LogP contribution is 2.26. The molecule has 3 aromatic rings. The van der Waals surface area contributed by atoms with Crippen molar-refractivity contribution < 1.29 is 9.18 Å². The van der Waals surface area contributed by atoms with Crippen molar-refractivity contribution in [3.8, 4) is 11.3 Å². The van der Waals surface area contributed by atoms with Gasteiger partial charge in [0.1, 0.15) is 11.5 Å². The van der Waals surface area contributed by atoms with Gasteiger partial charge in [-0.3, -0.25) is 4.79 Å². The largest absolute Gasteiger partial charge is 0.334 e. The molecule has 1 aliphatic rings. The first kappa shape index (κ1) is 20.5. The van der Waals surface area contributed by atoms with Crippen LogP contribution in [0.4, 0.5) is 10.2 Å². The van der Waals surface area contributed by atoms with E-state index in [9.17, 15) is 9.18 Å². The number of anilines is 1. The van der Waals surface area contributed by atoms with Gasteiger partial charge in [-0.25, -0.2) is 14.4 Å². The first-order valence-electron chi connectivity index (χ1n) is 10.4. The number of hydrogen-bond acceptors (Lipinski definition) is 4. The molecule has 30 heavy (non-hydrogen) atoms. The zero-order valence-electron chi connectivity index (χ0n) is 17.7. The Morgan fingerprint density at radius 3 is 2.63 bits per heavy atom.